The molecule has 17 heavy (non-hydrogen) atoms. The third-order valence-corrected chi connectivity index (χ3v) is 3.11. The number of nitrogens with two attached hydrogens (primary N) is 1. The molecule has 0 saturated carbocycles. The van der Waals surface area contributed by atoms with Crippen molar-refractivity contribution in [2.24, 2.45) is 5.73 Å². The summed E-state index contributed by atoms with van der Waals surface area (Å²) in [4.78, 5) is 0. The van der Waals surface area contributed by atoms with E-state index in [-0.39, 0.29) is 6.04 Å². The van der Waals surface area contributed by atoms with Crippen LogP contribution in [0.4, 0.5) is 0 Å². The summed E-state index contributed by atoms with van der Waals surface area (Å²) in [5, 5.41) is 0. The van der Waals surface area contributed by atoms with Crippen molar-refractivity contribution in [3.05, 3.63) is 29.3 Å². The third-order valence-electron chi connectivity index (χ3n) is 3.11. The molecule has 0 aliphatic rings. The van der Waals surface area contributed by atoms with Crippen LogP contribution in [0.3, 0.4) is 0 Å². The lowest BCUT2D eigenvalue weighted by Gasteiger charge is -2.16. The van der Waals surface area contributed by atoms with Crippen molar-refractivity contribution in [1.82, 2.24) is 0 Å². The van der Waals surface area contributed by atoms with Crippen molar-refractivity contribution < 1.29 is 4.74 Å². The van der Waals surface area contributed by atoms with E-state index in [0.29, 0.717) is 12.5 Å². The third kappa shape index (κ3) is 4.04. The summed E-state index contributed by atoms with van der Waals surface area (Å²) in [5.41, 5.74) is 8.51. The highest BCUT2D eigenvalue weighted by Gasteiger charge is 2.10. The molecule has 2 unspecified atom stereocenters. The van der Waals surface area contributed by atoms with Gasteiger partial charge in [-0.3, -0.25) is 0 Å². The van der Waals surface area contributed by atoms with Crippen LogP contribution in [-0.2, 0) is 6.42 Å². The normalized spacial score (nSPS) is 14.4. The monoisotopic (exact) mass is 235 g/mol. The maximum atomic E-state index is 5.89. The van der Waals surface area contributed by atoms with Crippen LogP contribution < -0.4 is 10.5 Å². The first-order chi connectivity index (χ1) is 8.08. The SMILES string of the molecule is CCOc1ccc(C(C)CC)cc1CC(C)N. The van der Waals surface area contributed by atoms with Crippen LogP contribution in [0.15, 0.2) is 18.2 Å². The first-order valence-corrected chi connectivity index (χ1v) is 6.59. The van der Waals surface area contributed by atoms with Gasteiger partial charge in [0.15, 0.2) is 0 Å². The van der Waals surface area contributed by atoms with Crippen molar-refractivity contribution in [2.45, 2.75) is 52.5 Å². The minimum Gasteiger partial charge on any atom is -0.494 e. The summed E-state index contributed by atoms with van der Waals surface area (Å²) < 4.78 is 5.65. The van der Waals surface area contributed by atoms with Gasteiger partial charge in [-0.25, -0.2) is 0 Å². The summed E-state index contributed by atoms with van der Waals surface area (Å²) in [7, 11) is 0. The highest BCUT2D eigenvalue weighted by molar-refractivity contribution is 5.39. The summed E-state index contributed by atoms with van der Waals surface area (Å²) in [5.74, 6) is 1.58. The van der Waals surface area contributed by atoms with Gasteiger partial charge in [-0.15, -0.1) is 0 Å². The van der Waals surface area contributed by atoms with Crippen LogP contribution >= 0.6 is 0 Å². The molecule has 0 heterocycles. The van der Waals surface area contributed by atoms with Crippen molar-refractivity contribution >= 4 is 0 Å². The van der Waals surface area contributed by atoms with E-state index in [0.717, 1.165) is 18.6 Å². The van der Waals surface area contributed by atoms with Crippen LogP contribution in [0.1, 0.15) is 51.2 Å². The number of rotatable bonds is 6. The number of hydrogen-bond donors (Lipinski definition) is 1. The second-order valence-electron chi connectivity index (χ2n) is 4.79. The van der Waals surface area contributed by atoms with Gasteiger partial charge < -0.3 is 10.5 Å². The Morgan fingerprint density at radius 3 is 2.47 bits per heavy atom. The van der Waals surface area contributed by atoms with E-state index >= 15 is 0 Å². The van der Waals surface area contributed by atoms with Gasteiger partial charge >= 0.3 is 0 Å². The van der Waals surface area contributed by atoms with Crippen molar-refractivity contribution in [3.63, 3.8) is 0 Å². The lowest BCUT2D eigenvalue weighted by Crippen LogP contribution is -2.18. The number of hydrogen-bond acceptors (Lipinski definition) is 2. The first-order valence-electron chi connectivity index (χ1n) is 6.59. The Hall–Kier alpha value is -1.02. The highest BCUT2D eigenvalue weighted by atomic mass is 16.5. The Balaban J connectivity index is 3.00. The molecule has 0 radical (unpaired) electrons. The van der Waals surface area contributed by atoms with E-state index in [9.17, 15) is 0 Å². The molecular weight excluding hydrogens is 210 g/mol. The van der Waals surface area contributed by atoms with E-state index in [2.05, 4.69) is 32.0 Å². The second kappa shape index (κ2) is 6.65. The molecule has 2 heteroatoms. The Kier molecular flexibility index (Phi) is 5.49. The maximum Gasteiger partial charge on any atom is 0.122 e. The van der Waals surface area contributed by atoms with Gasteiger partial charge in [-0.2, -0.15) is 0 Å². The van der Waals surface area contributed by atoms with Crippen molar-refractivity contribution in [3.8, 4) is 5.75 Å². The lowest BCUT2D eigenvalue weighted by molar-refractivity contribution is 0.335. The van der Waals surface area contributed by atoms with Crippen molar-refractivity contribution in [2.75, 3.05) is 6.61 Å². The Morgan fingerprint density at radius 2 is 1.94 bits per heavy atom. The molecule has 2 N–H and O–H groups in total. The van der Waals surface area contributed by atoms with Crippen LogP contribution in [0.2, 0.25) is 0 Å². The topological polar surface area (TPSA) is 35.2 Å². The van der Waals surface area contributed by atoms with Crippen LogP contribution in [-0.4, -0.2) is 12.6 Å². The molecule has 0 fully saturated rings. The zero-order valence-corrected chi connectivity index (χ0v) is 11.5. The standard InChI is InChI=1S/C15H25NO/c1-5-11(3)13-7-8-15(17-6-2)14(10-13)9-12(4)16/h7-8,10-12H,5-6,9,16H2,1-4H3. The molecule has 0 aliphatic heterocycles. The molecule has 0 spiro atoms. The lowest BCUT2D eigenvalue weighted by atomic mass is 9.94. The molecule has 96 valence electrons. The van der Waals surface area contributed by atoms with E-state index in [1.54, 1.807) is 0 Å². The fourth-order valence-electron chi connectivity index (χ4n) is 1.94. The Bertz CT molecular complexity index is 347. The van der Waals surface area contributed by atoms with Gasteiger partial charge in [-0.1, -0.05) is 26.0 Å². The van der Waals surface area contributed by atoms with Crippen LogP contribution in [0.5, 0.6) is 5.75 Å². The molecule has 1 rings (SSSR count). The minimum atomic E-state index is 0.168. The van der Waals surface area contributed by atoms with Crippen molar-refractivity contribution in [1.29, 1.82) is 0 Å². The molecule has 2 nitrogen and oxygen atoms in total. The average molecular weight is 235 g/mol. The molecule has 0 saturated heterocycles. The Labute approximate surface area is 105 Å². The summed E-state index contributed by atoms with van der Waals surface area (Å²) >= 11 is 0. The zero-order valence-electron chi connectivity index (χ0n) is 11.5. The van der Waals surface area contributed by atoms with E-state index in [1.807, 2.05) is 13.8 Å². The van der Waals surface area contributed by atoms with E-state index in [1.165, 1.54) is 11.1 Å². The fraction of sp³-hybridized carbons (Fsp3) is 0.600. The van der Waals surface area contributed by atoms with Gasteiger partial charge in [0.25, 0.3) is 0 Å². The van der Waals surface area contributed by atoms with E-state index in [4.69, 9.17) is 10.5 Å². The maximum absolute atomic E-state index is 5.89. The highest BCUT2D eigenvalue weighted by Crippen LogP contribution is 2.26. The molecule has 1 aromatic carbocycles. The second-order valence-corrected chi connectivity index (χ2v) is 4.79. The fourth-order valence-corrected chi connectivity index (χ4v) is 1.94. The first kappa shape index (κ1) is 14.0. The van der Waals surface area contributed by atoms with Crippen LogP contribution in [0.25, 0.3) is 0 Å². The molecule has 0 aromatic heterocycles. The summed E-state index contributed by atoms with van der Waals surface area (Å²) in [6.45, 7) is 9.22. The molecule has 2 atom stereocenters. The average Bonchev–Trinajstić information content (AvgIpc) is 2.30. The molecule has 1 aromatic rings. The number of ether oxygens (including phenoxy) is 1. The molecule has 0 aliphatic carbocycles. The smallest absolute Gasteiger partial charge is 0.122 e. The van der Waals surface area contributed by atoms with Gasteiger partial charge in [0, 0.05) is 6.04 Å². The largest absolute Gasteiger partial charge is 0.494 e. The van der Waals surface area contributed by atoms with Crippen LogP contribution in [0, 0.1) is 0 Å². The summed E-state index contributed by atoms with van der Waals surface area (Å²) in [6, 6.07) is 6.68. The van der Waals surface area contributed by atoms with Gasteiger partial charge in [0.1, 0.15) is 5.75 Å². The zero-order chi connectivity index (χ0) is 12.8. The molecule has 0 bridgehead atoms. The predicted molar refractivity (Wildman–Crippen MR) is 73.7 cm³/mol. The van der Waals surface area contributed by atoms with E-state index < -0.39 is 0 Å². The van der Waals surface area contributed by atoms with Gasteiger partial charge in [-0.05, 0) is 49.8 Å². The summed E-state index contributed by atoms with van der Waals surface area (Å²) in [6.07, 6.45) is 2.03. The number of benzene rings is 1. The van der Waals surface area contributed by atoms with Gasteiger partial charge in [0.2, 0.25) is 0 Å². The predicted octanol–water partition coefficient (Wildman–Crippen LogP) is 3.49. The molecular formula is C15H25NO. The minimum absolute atomic E-state index is 0.168. The molecule has 0 amide bonds. The van der Waals surface area contributed by atoms with Gasteiger partial charge in [0.05, 0.1) is 6.61 Å². The quantitative estimate of drug-likeness (QED) is 0.819. The Morgan fingerprint density at radius 1 is 1.24 bits per heavy atom.